The van der Waals surface area contributed by atoms with Crippen molar-refractivity contribution in [2.75, 3.05) is 0 Å². The third-order valence-corrected chi connectivity index (χ3v) is 3.82. The van der Waals surface area contributed by atoms with Gasteiger partial charge < -0.3 is 9.72 Å². The molecule has 0 aliphatic rings. The first-order valence-corrected chi connectivity index (χ1v) is 7.24. The van der Waals surface area contributed by atoms with Crippen LogP contribution in [0.3, 0.4) is 0 Å². The van der Waals surface area contributed by atoms with Crippen LogP contribution in [0.25, 0.3) is 16.7 Å². The summed E-state index contributed by atoms with van der Waals surface area (Å²) in [6.45, 7) is 2.22. The van der Waals surface area contributed by atoms with Crippen molar-refractivity contribution in [2.24, 2.45) is 0 Å². The second-order valence-corrected chi connectivity index (χ2v) is 5.23. The molecule has 0 spiro atoms. The second-order valence-electron chi connectivity index (χ2n) is 5.23. The number of fused-ring (bicyclic) bond motifs is 2. The number of pyridine rings is 2. The number of carbonyl (C=O) groups is 1. The summed E-state index contributed by atoms with van der Waals surface area (Å²) >= 11 is 0. The van der Waals surface area contributed by atoms with Crippen molar-refractivity contribution < 1.29 is 4.79 Å². The highest BCUT2D eigenvalue weighted by Crippen LogP contribution is 2.14. The molecule has 0 saturated carbocycles. The minimum absolute atomic E-state index is 0.210. The summed E-state index contributed by atoms with van der Waals surface area (Å²) in [6.07, 6.45) is 3.58. The zero-order valence-corrected chi connectivity index (χ0v) is 12.4. The highest BCUT2D eigenvalue weighted by atomic mass is 16.1. The van der Waals surface area contributed by atoms with Crippen LogP contribution in [-0.4, -0.2) is 30.5 Å². The molecule has 4 aromatic rings. The summed E-state index contributed by atoms with van der Waals surface area (Å²) in [4.78, 5) is 21.0. The Morgan fingerprint density at radius 2 is 2.22 bits per heavy atom. The number of nitrogens with zero attached hydrogens (tertiary/aromatic N) is 4. The maximum absolute atomic E-state index is 12.4. The Morgan fingerprint density at radius 1 is 1.30 bits per heavy atom. The molecule has 0 radical (unpaired) electrons. The fraction of sp³-hybridized carbons (Fsp3) is 0.125. The Labute approximate surface area is 131 Å². The van der Waals surface area contributed by atoms with Crippen LogP contribution in [0.2, 0.25) is 0 Å². The maximum Gasteiger partial charge on any atom is 0.272 e. The minimum Gasteiger partial charge on any atom is -0.345 e. The van der Waals surface area contributed by atoms with E-state index >= 15 is 0 Å². The number of H-pyrrole nitrogens is 1. The number of aromatic nitrogens is 5. The van der Waals surface area contributed by atoms with Crippen molar-refractivity contribution in [1.82, 2.24) is 29.9 Å². The van der Waals surface area contributed by atoms with Gasteiger partial charge in [-0.05, 0) is 31.2 Å². The number of rotatable bonds is 3. The summed E-state index contributed by atoms with van der Waals surface area (Å²) in [5.74, 6) is -0.210. The molecule has 7 heteroatoms. The molecular formula is C16H14N6O. The molecule has 0 bridgehead atoms. The highest BCUT2D eigenvalue weighted by Gasteiger charge is 2.16. The second kappa shape index (κ2) is 5.20. The van der Waals surface area contributed by atoms with Crippen LogP contribution < -0.4 is 5.32 Å². The van der Waals surface area contributed by atoms with E-state index in [4.69, 9.17) is 0 Å². The summed E-state index contributed by atoms with van der Waals surface area (Å²) in [7, 11) is 0. The summed E-state index contributed by atoms with van der Waals surface area (Å²) < 4.78 is 1.89. The van der Waals surface area contributed by atoms with Crippen LogP contribution in [0.1, 0.15) is 21.9 Å². The van der Waals surface area contributed by atoms with Crippen LogP contribution in [0.15, 0.2) is 42.7 Å². The van der Waals surface area contributed by atoms with Gasteiger partial charge in [-0.2, -0.15) is 5.10 Å². The largest absolute Gasteiger partial charge is 0.345 e. The van der Waals surface area contributed by atoms with Crippen LogP contribution in [0, 0.1) is 6.92 Å². The molecule has 0 unspecified atom stereocenters. The van der Waals surface area contributed by atoms with Gasteiger partial charge in [0.25, 0.3) is 5.91 Å². The number of carbonyl (C=O) groups excluding carboxylic acids is 1. The molecule has 0 aliphatic carbocycles. The van der Waals surface area contributed by atoms with E-state index < -0.39 is 0 Å². The molecule has 0 atom stereocenters. The van der Waals surface area contributed by atoms with Gasteiger partial charge in [-0.15, -0.1) is 0 Å². The Hall–Kier alpha value is -3.22. The van der Waals surface area contributed by atoms with E-state index in [1.165, 1.54) is 0 Å². The maximum atomic E-state index is 12.4. The van der Waals surface area contributed by atoms with E-state index in [1.807, 2.05) is 47.9 Å². The van der Waals surface area contributed by atoms with E-state index in [0.717, 1.165) is 22.4 Å². The van der Waals surface area contributed by atoms with E-state index in [-0.39, 0.29) is 5.91 Å². The molecule has 1 amide bonds. The summed E-state index contributed by atoms with van der Waals surface area (Å²) in [5.41, 5.74) is 3.46. The van der Waals surface area contributed by atoms with Gasteiger partial charge in [-0.3, -0.25) is 9.89 Å². The fourth-order valence-electron chi connectivity index (χ4n) is 2.62. The average Bonchev–Trinajstić information content (AvgIpc) is 3.15. The Bertz CT molecular complexity index is 1020. The number of hydrogen-bond donors (Lipinski definition) is 2. The van der Waals surface area contributed by atoms with E-state index in [1.54, 1.807) is 6.20 Å². The topological polar surface area (TPSA) is 88.0 Å². The van der Waals surface area contributed by atoms with Gasteiger partial charge >= 0.3 is 0 Å². The van der Waals surface area contributed by atoms with Crippen molar-refractivity contribution in [3.05, 3.63) is 59.8 Å². The predicted octanol–water partition coefficient (Wildman–Crippen LogP) is 1.84. The molecular weight excluding hydrogens is 292 g/mol. The van der Waals surface area contributed by atoms with E-state index in [9.17, 15) is 4.79 Å². The van der Waals surface area contributed by atoms with Crippen molar-refractivity contribution >= 4 is 22.6 Å². The van der Waals surface area contributed by atoms with Gasteiger partial charge in [0.15, 0.2) is 5.65 Å². The molecule has 0 fully saturated rings. The Morgan fingerprint density at radius 3 is 3.09 bits per heavy atom. The van der Waals surface area contributed by atoms with Crippen LogP contribution in [-0.2, 0) is 6.54 Å². The lowest BCUT2D eigenvalue weighted by Gasteiger charge is -2.02. The Kier molecular flexibility index (Phi) is 3.04. The van der Waals surface area contributed by atoms with Crippen molar-refractivity contribution in [2.45, 2.75) is 13.5 Å². The number of imidazole rings is 1. The van der Waals surface area contributed by atoms with Crippen LogP contribution >= 0.6 is 0 Å². The van der Waals surface area contributed by atoms with E-state index in [2.05, 4.69) is 25.5 Å². The smallest absolute Gasteiger partial charge is 0.272 e. The minimum atomic E-state index is -0.210. The molecule has 23 heavy (non-hydrogen) atoms. The van der Waals surface area contributed by atoms with Crippen molar-refractivity contribution in [3.63, 3.8) is 0 Å². The fourth-order valence-corrected chi connectivity index (χ4v) is 2.62. The average molecular weight is 306 g/mol. The molecule has 4 aromatic heterocycles. The predicted molar refractivity (Wildman–Crippen MR) is 85.0 cm³/mol. The molecule has 0 saturated heterocycles. The third-order valence-electron chi connectivity index (χ3n) is 3.82. The monoisotopic (exact) mass is 306 g/mol. The molecule has 4 rings (SSSR count). The quantitative estimate of drug-likeness (QED) is 0.604. The molecule has 0 aliphatic heterocycles. The molecule has 2 N–H and O–H groups in total. The standard InChI is InChI=1S/C16H14N6O/c1-10-14(19-13-6-2-3-8-22(10)13)16(23)18-9-12-11-5-4-7-17-15(11)21-20-12/h2-8H,9H2,1H3,(H,18,23)(H,17,20,21). The van der Waals surface area contributed by atoms with Gasteiger partial charge in [0.05, 0.1) is 17.9 Å². The van der Waals surface area contributed by atoms with E-state index in [0.29, 0.717) is 17.9 Å². The number of aromatic amines is 1. The van der Waals surface area contributed by atoms with Gasteiger partial charge in [-0.1, -0.05) is 6.07 Å². The molecule has 7 nitrogen and oxygen atoms in total. The lowest BCUT2D eigenvalue weighted by molar-refractivity contribution is 0.0945. The third kappa shape index (κ3) is 2.22. The number of nitrogens with one attached hydrogen (secondary N) is 2. The van der Waals surface area contributed by atoms with Gasteiger partial charge in [0.1, 0.15) is 11.3 Å². The summed E-state index contributed by atoms with van der Waals surface area (Å²) in [5, 5.41) is 10.8. The normalized spacial score (nSPS) is 11.2. The molecule has 0 aromatic carbocycles. The molecule has 114 valence electrons. The number of amides is 1. The van der Waals surface area contributed by atoms with Gasteiger partial charge in [0.2, 0.25) is 0 Å². The highest BCUT2D eigenvalue weighted by molar-refractivity contribution is 5.94. The molecule has 4 heterocycles. The SMILES string of the molecule is Cc1c(C(=O)NCc2[nH]nc3ncccc23)nc2ccccn12. The number of hydrogen-bond acceptors (Lipinski definition) is 4. The number of aryl methyl sites for hydroxylation is 1. The van der Waals surface area contributed by atoms with Crippen LogP contribution in [0.4, 0.5) is 0 Å². The Balaban J connectivity index is 1.59. The zero-order chi connectivity index (χ0) is 15.8. The zero-order valence-electron chi connectivity index (χ0n) is 12.4. The van der Waals surface area contributed by atoms with Gasteiger partial charge in [-0.25, -0.2) is 9.97 Å². The summed E-state index contributed by atoms with van der Waals surface area (Å²) in [6, 6.07) is 9.44. The van der Waals surface area contributed by atoms with Gasteiger partial charge in [0, 0.05) is 17.8 Å². The lowest BCUT2D eigenvalue weighted by Crippen LogP contribution is -2.24. The lowest BCUT2D eigenvalue weighted by atomic mass is 10.2. The first-order chi connectivity index (χ1) is 11.2. The van der Waals surface area contributed by atoms with Crippen molar-refractivity contribution in [3.8, 4) is 0 Å². The van der Waals surface area contributed by atoms with Crippen LogP contribution in [0.5, 0.6) is 0 Å². The first kappa shape index (κ1) is 13.4. The first-order valence-electron chi connectivity index (χ1n) is 7.24. The van der Waals surface area contributed by atoms with Crippen molar-refractivity contribution in [1.29, 1.82) is 0 Å².